The van der Waals surface area contributed by atoms with Crippen molar-refractivity contribution in [3.05, 3.63) is 16.5 Å². The molecule has 2 aromatic rings. The molecule has 0 saturated carbocycles. The topological polar surface area (TPSA) is 88.9 Å². The highest BCUT2D eigenvalue weighted by Gasteiger charge is 2.22. The molecule has 0 aliphatic heterocycles. The quantitative estimate of drug-likeness (QED) is 0.601. The van der Waals surface area contributed by atoms with Gasteiger partial charge in [-0.2, -0.15) is 0 Å². The van der Waals surface area contributed by atoms with Crippen LogP contribution in [0.1, 0.15) is 37.1 Å². The second-order valence-corrected chi connectivity index (χ2v) is 8.54. The number of rotatable bonds is 5. The third kappa shape index (κ3) is 4.27. The van der Waals surface area contributed by atoms with Crippen LogP contribution in [0.2, 0.25) is 0 Å². The van der Waals surface area contributed by atoms with Crippen molar-refractivity contribution >= 4 is 34.9 Å². The van der Waals surface area contributed by atoms with Gasteiger partial charge in [-0.3, -0.25) is 20.4 Å². The number of fused-ring (bicyclic) bond motifs is 1. The van der Waals surface area contributed by atoms with Crippen LogP contribution in [-0.4, -0.2) is 32.3 Å². The summed E-state index contributed by atoms with van der Waals surface area (Å²) in [7, 11) is 1.91. The zero-order valence-corrected chi connectivity index (χ0v) is 16.8. The zero-order chi connectivity index (χ0) is 18.7. The molecule has 2 aromatic heterocycles. The standard InChI is InChI=1S/C17H23N5O2S2/c1-4-11-5-6-13-12(7-11)8-14(26-13)16-20-21-17(22(16)3)25-9-15(24)19-18-10(2)23/h8,11H,4-7,9H2,1-3H3,(H,18,23)(H,19,24)/t11-/m1/s1. The average molecular weight is 394 g/mol. The van der Waals surface area contributed by atoms with Crippen molar-refractivity contribution in [3.8, 4) is 10.7 Å². The summed E-state index contributed by atoms with van der Waals surface area (Å²) in [6.45, 7) is 3.60. The number of aryl methyl sites for hydroxylation is 1. The first kappa shape index (κ1) is 18.9. The summed E-state index contributed by atoms with van der Waals surface area (Å²) in [5, 5.41) is 9.21. The fraction of sp³-hybridized carbons (Fsp3) is 0.529. The zero-order valence-electron chi connectivity index (χ0n) is 15.2. The van der Waals surface area contributed by atoms with Crippen molar-refractivity contribution in [1.29, 1.82) is 0 Å². The maximum absolute atomic E-state index is 11.7. The molecule has 2 N–H and O–H groups in total. The molecule has 3 rings (SSSR count). The van der Waals surface area contributed by atoms with Gasteiger partial charge in [0.2, 0.25) is 11.8 Å². The molecule has 7 nitrogen and oxygen atoms in total. The molecule has 0 aromatic carbocycles. The summed E-state index contributed by atoms with van der Waals surface area (Å²) >= 11 is 3.10. The minimum absolute atomic E-state index is 0.158. The predicted octanol–water partition coefficient (Wildman–Crippen LogP) is 2.32. The van der Waals surface area contributed by atoms with Gasteiger partial charge in [0.1, 0.15) is 0 Å². The molecule has 140 valence electrons. The Balaban J connectivity index is 1.67. The summed E-state index contributed by atoms with van der Waals surface area (Å²) in [5.74, 6) is 1.19. The lowest BCUT2D eigenvalue weighted by atomic mass is 9.87. The predicted molar refractivity (Wildman–Crippen MR) is 103 cm³/mol. The second kappa shape index (κ2) is 8.22. The normalized spacial score (nSPS) is 16.2. The molecule has 0 spiro atoms. The van der Waals surface area contributed by atoms with E-state index in [4.69, 9.17) is 0 Å². The molecule has 0 fully saturated rings. The summed E-state index contributed by atoms with van der Waals surface area (Å²) in [6.07, 6.45) is 4.81. The van der Waals surface area contributed by atoms with Gasteiger partial charge in [-0.15, -0.1) is 21.5 Å². The molecule has 0 radical (unpaired) electrons. The molecular formula is C17H23N5O2S2. The highest BCUT2D eigenvalue weighted by Crippen LogP contribution is 2.37. The van der Waals surface area contributed by atoms with Gasteiger partial charge in [0, 0.05) is 18.8 Å². The molecule has 9 heteroatoms. The lowest BCUT2D eigenvalue weighted by Gasteiger charge is -2.19. The number of nitrogens with one attached hydrogen (secondary N) is 2. The van der Waals surface area contributed by atoms with Gasteiger partial charge < -0.3 is 4.57 Å². The van der Waals surface area contributed by atoms with Crippen LogP contribution in [-0.2, 0) is 29.5 Å². The maximum Gasteiger partial charge on any atom is 0.248 e. The molecule has 1 atom stereocenters. The maximum atomic E-state index is 11.7. The number of carbonyl (C=O) groups excluding carboxylic acids is 2. The Morgan fingerprint density at radius 3 is 2.92 bits per heavy atom. The molecular weight excluding hydrogens is 370 g/mol. The molecule has 26 heavy (non-hydrogen) atoms. The number of nitrogens with zero attached hydrogens (tertiary/aromatic N) is 3. The lowest BCUT2D eigenvalue weighted by Crippen LogP contribution is -2.41. The Morgan fingerprint density at radius 2 is 2.19 bits per heavy atom. The van der Waals surface area contributed by atoms with Crippen LogP contribution in [0.3, 0.4) is 0 Å². The number of thioether (sulfide) groups is 1. The minimum Gasteiger partial charge on any atom is -0.304 e. The van der Waals surface area contributed by atoms with Crippen molar-refractivity contribution in [1.82, 2.24) is 25.6 Å². The van der Waals surface area contributed by atoms with Crippen LogP contribution in [0.15, 0.2) is 11.2 Å². The van der Waals surface area contributed by atoms with Gasteiger partial charge in [-0.05, 0) is 36.8 Å². The number of aromatic nitrogens is 3. The fourth-order valence-corrected chi connectivity index (χ4v) is 4.98. The Bertz CT molecular complexity index is 814. The Kier molecular flexibility index (Phi) is 5.98. The molecule has 0 unspecified atom stereocenters. The largest absolute Gasteiger partial charge is 0.304 e. The van der Waals surface area contributed by atoms with Gasteiger partial charge in [0.15, 0.2) is 11.0 Å². The van der Waals surface area contributed by atoms with E-state index in [9.17, 15) is 9.59 Å². The third-order valence-electron chi connectivity index (χ3n) is 4.53. The first-order valence-corrected chi connectivity index (χ1v) is 10.5. The summed E-state index contributed by atoms with van der Waals surface area (Å²) in [4.78, 5) is 25.1. The van der Waals surface area contributed by atoms with E-state index < -0.39 is 0 Å². The van der Waals surface area contributed by atoms with E-state index >= 15 is 0 Å². The number of hydrogen-bond donors (Lipinski definition) is 2. The highest BCUT2D eigenvalue weighted by atomic mass is 32.2. The van der Waals surface area contributed by atoms with Gasteiger partial charge in [0.05, 0.1) is 10.6 Å². The number of carbonyl (C=O) groups is 2. The van der Waals surface area contributed by atoms with E-state index in [2.05, 4.69) is 34.0 Å². The molecule has 0 bridgehead atoms. The van der Waals surface area contributed by atoms with Crippen LogP contribution >= 0.6 is 23.1 Å². The molecule has 2 heterocycles. The van der Waals surface area contributed by atoms with E-state index in [0.717, 1.165) is 29.5 Å². The second-order valence-electron chi connectivity index (χ2n) is 6.46. The smallest absolute Gasteiger partial charge is 0.248 e. The summed E-state index contributed by atoms with van der Waals surface area (Å²) < 4.78 is 1.92. The average Bonchev–Trinajstić information content (AvgIpc) is 3.20. The number of hydrogen-bond acceptors (Lipinski definition) is 6. The fourth-order valence-electron chi connectivity index (χ4n) is 3.04. The minimum atomic E-state index is -0.309. The molecule has 2 amide bonds. The number of hydrazine groups is 1. The Labute approximate surface area is 160 Å². The third-order valence-corrected chi connectivity index (χ3v) is 6.78. The van der Waals surface area contributed by atoms with E-state index in [1.165, 1.54) is 42.0 Å². The molecule has 1 aliphatic carbocycles. The Morgan fingerprint density at radius 1 is 1.38 bits per heavy atom. The van der Waals surface area contributed by atoms with Crippen molar-refractivity contribution in [2.45, 2.75) is 44.7 Å². The van der Waals surface area contributed by atoms with Crippen molar-refractivity contribution in [2.24, 2.45) is 13.0 Å². The SMILES string of the molecule is CC[C@@H]1CCc2sc(-c3nnc(SCC(=O)NNC(C)=O)n3C)cc2C1. The first-order valence-electron chi connectivity index (χ1n) is 8.67. The van der Waals surface area contributed by atoms with Crippen molar-refractivity contribution in [3.63, 3.8) is 0 Å². The van der Waals surface area contributed by atoms with E-state index in [1.807, 2.05) is 11.6 Å². The Hall–Kier alpha value is -1.87. The van der Waals surface area contributed by atoms with E-state index in [1.54, 1.807) is 11.3 Å². The molecule has 0 saturated heterocycles. The first-order chi connectivity index (χ1) is 12.5. The van der Waals surface area contributed by atoms with Crippen molar-refractivity contribution in [2.75, 3.05) is 5.75 Å². The van der Waals surface area contributed by atoms with Crippen LogP contribution in [0.5, 0.6) is 0 Å². The summed E-state index contributed by atoms with van der Waals surface area (Å²) in [6, 6.07) is 2.25. The van der Waals surface area contributed by atoms with Crippen LogP contribution < -0.4 is 10.9 Å². The van der Waals surface area contributed by atoms with Crippen molar-refractivity contribution < 1.29 is 9.59 Å². The number of thiophene rings is 1. The van der Waals surface area contributed by atoms with Gasteiger partial charge in [0.25, 0.3) is 0 Å². The van der Waals surface area contributed by atoms with Gasteiger partial charge in [-0.25, -0.2) is 0 Å². The highest BCUT2D eigenvalue weighted by molar-refractivity contribution is 7.99. The van der Waals surface area contributed by atoms with Crippen LogP contribution in [0.25, 0.3) is 10.7 Å². The van der Waals surface area contributed by atoms with Gasteiger partial charge in [-0.1, -0.05) is 25.1 Å². The van der Waals surface area contributed by atoms with Crippen LogP contribution in [0.4, 0.5) is 0 Å². The monoisotopic (exact) mass is 393 g/mol. The van der Waals surface area contributed by atoms with E-state index in [-0.39, 0.29) is 17.6 Å². The lowest BCUT2D eigenvalue weighted by molar-refractivity contribution is -0.126. The van der Waals surface area contributed by atoms with Crippen LogP contribution in [0, 0.1) is 5.92 Å². The number of amides is 2. The van der Waals surface area contributed by atoms with E-state index in [0.29, 0.717) is 5.16 Å². The van der Waals surface area contributed by atoms with Gasteiger partial charge >= 0.3 is 0 Å². The molecule has 1 aliphatic rings. The summed E-state index contributed by atoms with van der Waals surface area (Å²) in [5.41, 5.74) is 6.06.